The third-order valence-electron chi connectivity index (χ3n) is 4.43. The molecule has 29 heavy (non-hydrogen) atoms. The summed E-state index contributed by atoms with van der Waals surface area (Å²) in [7, 11) is 0. The zero-order valence-corrected chi connectivity index (χ0v) is 17.1. The molecule has 0 bridgehead atoms. The van der Waals surface area contributed by atoms with E-state index in [1.54, 1.807) is 35.0 Å². The van der Waals surface area contributed by atoms with Gasteiger partial charge in [-0.1, -0.05) is 39.7 Å². The van der Waals surface area contributed by atoms with Crippen LogP contribution >= 0.6 is 27.5 Å². The lowest BCUT2D eigenvalue weighted by Gasteiger charge is -2.24. The third kappa shape index (κ3) is 3.90. The topological polar surface area (TPSA) is 96.2 Å². The molecule has 0 fully saturated rings. The molecule has 0 radical (unpaired) electrons. The van der Waals surface area contributed by atoms with Crippen molar-refractivity contribution in [2.75, 3.05) is 10.6 Å². The number of carbonyl (C=O) groups is 2. The lowest BCUT2D eigenvalue weighted by Crippen LogP contribution is -2.25. The van der Waals surface area contributed by atoms with Gasteiger partial charge in [0.15, 0.2) is 0 Å². The maximum Gasteiger partial charge on any atom is 0.352 e. The maximum atomic E-state index is 12.8. The lowest BCUT2D eigenvalue weighted by molar-refractivity contribution is -0.132. The molecule has 2 heterocycles. The maximum absolute atomic E-state index is 12.8. The molecule has 1 atom stereocenters. The van der Waals surface area contributed by atoms with E-state index in [2.05, 4.69) is 31.7 Å². The van der Waals surface area contributed by atoms with Gasteiger partial charge in [0.05, 0.1) is 12.2 Å². The fourth-order valence-corrected chi connectivity index (χ4v) is 3.41. The molecule has 146 valence electrons. The number of allylic oxidation sites excluding steroid dienone is 1. The molecule has 4 rings (SSSR count). The number of benzene rings is 2. The molecule has 0 saturated heterocycles. The zero-order valence-electron chi connectivity index (χ0n) is 14.8. The van der Waals surface area contributed by atoms with Crippen LogP contribution in [-0.4, -0.2) is 26.8 Å². The van der Waals surface area contributed by atoms with Crippen LogP contribution in [0, 0.1) is 0 Å². The summed E-state index contributed by atoms with van der Waals surface area (Å²) in [6.07, 6.45) is 2.98. The van der Waals surface area contributed by atoms with Crippen LogP contribution in [0.4, 0.5) is 11.5 Å². The molecule has 0 spiro atoms. The van der Waals surface area contributed by atoms with Crippen molar-refractivity contribution in [3.63, 3.8) is 0 Å². The van der Waals surface area contributed by atoms with Crippen molar-refractivity contribution in [2.45, 2.75) is 6.04 Å². The number of nitrogens with one attached hydrogen (secondary N) is 2. The Balaban J connectivity index is 1.70. The Morgan fingerprint density at radius 2 is 1.83 bits per heavy atom. The number of carboxylic acids is 1. The van der Waals surface area contributed by atoms with E-state index in [1.807, 2.05) is 24.3 Å². The van der Waals surface area contributed by atoms with Gasteiger partial charge in [0.2, 0.25) is 0 Å². The van der Waals surface area contributed by atoms with Crippen molar-refractivity contribution < 1.29 is 14.7 Å². The fraction of sp³-hybridized carbons (Fsp3) is 0.0500. The smallest absolute Gasteiger partial charge is 0.352 e. The standard InChI is InChI=1S/C20H14BrClN4O3/c21-12-3-1-11(2-4-12)17-9-16(20(28)29)25-18-15(10-23-26(17)18)19(27)24-14-7-5-13(22)6-8-14/h1-10,17,25H,(H,24,27)(H,28,29). The number of hydrogen-bond acceptors (Lipinski definition) is 4. The highest BCUT2D eigenvalue weighted by atomic mass is 79.9. The molecule has 1 aliphatic heterocycles. The second-order valence-electron chi connectivity index (χ2n) is 6.32. The number of rotatable bonds is 4. The van der Waals surface area contributed by atoms with E-state index >= 15 is 0 Å². The van der Waals surface area contributed by atoms with E-state index in [9.17, 15) is 14.7 Å². The van der Waals surface area contributed by atoms with Crippen LogP contribution in [-0.2, 0) is 4.79 Å². The summed E-state index contributed by atoms with van der Waals surface area (Å²) in [4.78, 5) is 24.4. The van der Waals surface area contributed by atoms with E-state index in [0.29, 0.717) is 16.5 Å². The van der Waals surface area contributed by atoms with E-state index in [0.717, 1.165) is 10.0 Å². The van der Waals surface area contributed by atoms with Gasteiger partial charge < -0.3 is 15.7 Å². The van der Waals surface area contributed by atoms with Gasteiger partial charge in [-0.25, -0.2) is 9.48 Å². The molecule has 9 heteroatoms. The fourth-order valence-electron chi connectivity index (χ4n) is 3.02. The summed E-state index contributed by atoms with van der Waals surface area (Å²) in [5.74, 6) is -1.23. The van der Waals surface area contributed by atoms with Crippen LogP contribution in [0.2, 0.25) is 5.02 Å². The summed E-state index contributed by atoms with van der Waals surface area (Å²) >= 11 is 9.26. The summed E-state index contributed by atoms with van der Waals surface area (Å²) in [6.45, 7) is 0. The van der Waals surface area contributed by atoms with Gasteiger partial charge in [0.1, 0.15) is 17.1 Å². The summed E-state index contributed by atoms with van der Waals surface area (Å²) < 4.78 is 2.49. The molecular formula is C20H14BrClN4O3. The predicted octanol–water partition coefficient (Wildman–Crippen LogP) is 4.53. The van der Waals surface area contributed by atoms with E-state index in [4.69, 9.17) is 11.6 Å². The predicted molar refractivity (Wildman–Crippen MR) is 113 cm³/mol. The van der Waals surface area contributed by atoms with Gasteiger partial charge in [-0.3, -0.25) is 4.79 Å². The largest absolute Gasteiger partial charge is 0.477 e. The van der Waals surface area contributed by atoms with Gasteiger partial charge >= 0.3 is 5.97 Å². The number of carboxylic acid groups (broad SMARTS) is 1. The van der Waals surface area contributed by atoms with E-state index in [-0.39, 0.29) is 11.3 Å². The SMILES string of the molecule is O=C(O)C1=CC(c2ccc(Br)cc2)n2ncc(C(=O)Nc3ccc(Cl)cc3)c2N1. The Hall–Kier alpha value is -3.10. The van der Waals surface area contributed by atoms with Crippen molar-refractivity contribution >= 4 is 50.9 Å². The van der Waals surface area contributed by atoms with Crippen LogP contribution in [0.1, 0.15) is 22.0 Å². The summed E-state index contributed by atoms with van der Waals surface area (Å²) in [5, 5.41) is 20.0. The number of aromatic nitrogens is 2. The monoisotopic (exact) mass is 472 g/mol. The number of fused-ring (bicyclic) bond motifs is 1. The Morgan fingerprint density at radius 3 is 2.48 bits per heavy atom. The molecule has 1 aliphatic rings. The molecule has 0 aliphatic carbocycles. The van der Waals surface area contributed by atoms with Crippen molar-refractivity contribution in [2.24, 2.45) is 0 Å². The van der Waals surface area contributed by atoms with E-state index < -0.39 is 17.9 Å². The minimum Gasteiger partial charge on any atom is -0.477 e. The van der Waals surface area contributed by atoms with Gasteiger partial charge in [0.25, 0.3) is 5.91 Å². The Kier molecular flexibility index (Phi) is 5.12. The average molecular weight is 474 g/mol. The average Bonchev–Trinajstić information content (AvgIpc) is 3.14. The second-order valence-corrected chi connectivity index (χ2v) is 7.67. The van der Waals surface area contributed by atoms with Crippen molar-refractivity contribution in [3.05, 3.63) is 87.1 Å². The number of hydrogen-bond donors (Lipinski definition) is 3. The number of carbonyl (C=O) groups excluding carboxylic acids is 1. The number of nitrogens with zero attached hydrogens (tertiary/aromatic N) is 2. The first-order chi connectivity index (χ1) is 13.9. The molecule has 0 saturated carbocycles. The first kappa shape index (κ1) is 19.2. The van der Waals surface area contributed by atoms with E-state index in [1.165, 1.54) is 6.20 Å². The Bertz CT molecular complexity index is 1120. The minimum atomic E-state index is -1.12. The second kappa shape index (κ2) is 7.73. The zero-order chi connectivity index (χ0) is 20.5. The minimum absolute atomic E-state index is 0.0218. The van der Waals surface area contributed by atoms with Crippen molar-refractivity contribution in [3.8, 4) is 0 Å². The molecule has 1 unspecified atom stereocenters. The molecule has 2 aromatic carbocycles. The van der Waals surface area contributed by atoms with Crippen LogP contribution in [0.25, 0.3) is 0 Å². The van der Waals surface area contributed by atoms with Crippen molar-refractivity contribution in [1.29, 1.82) is 0 Å². The first-order valence-corrected chi connectivity index (χ1v) is 9.71. The van der Waals surface area contributed by atoms with Gasteiger partial charge in [-0.2, -0.15) is 5.10 Å². The van der Waals surface area contributed by atoms with Gasteiger partial charge in [-0.05, 0) is 48.0 Å². The molecule has 3 N–H and O–H groups in total. The van der Waals surface area contributed by atoms with Crippen LogP contribution < -0.4 is 10.6 Å². The highest BCUT2D eigenvalue weighted by molar-refractivity contribution is 9.10. The number of anilines is 2. The molecule has 1 amide bonds. The first-order valence-electron chi connectivity index (χ1n) is 8.54. The normalized spacial score (nSPS) is 15.1. The number of halogens is 2. The van der Waals surface area contributed by atoms with Crippen LogP contribution in [0.5, 0.6) is 0 Å². The molecular weight excluding hydrogens is 460 g/mol. The summed E-state index contributed by atoms with van der Waals surface area (Å²) in [6, 6.07) is 13.7. The lowest BCUT2D eigenvalue weighted by atomic mass is 10.0. The van der Waals surface area contributed by atoms with Crippen LogP contribution in [0.3, 0.4) is 0 Å². The Morgan fingerprint density at radius 1 is 1.14 bits per heavy atom. The molecule has 7 nitrogen and oxygen atoms in total. The van der Waals surface area contributed by atoms with Crippen LogP contribution in [0.15, 0.2) is 71.0 Å². The summed E-state index contributed by atoms with van der Waals surface area (Å²) in [5.41, 5.74) is 1.61. The quantitative estimate of drug-likeness (QED) is 0.517. The third-order valence-corrected chi connectivity index (χ3v) is 5.21. The van der Waals surface area contributed by atoms with Crippen molar-refractivity contribution in [1.82, 2.24) is 9.78 Å². The van der Waals surface area contributed by atoms with Gasteiger partial charge in [-0.15, -0.1) is 0 Å². The molecule has 3 aromatic rings. The highest BCUT2D eigenvalue weighted by Gasteiger charge is 2.29. The molecule has 1 aromatic heterocycles. The Labute approximate surface area is 179 Å². The highest BCUT2D eigenvalue weighted by Crippen LogP contribution is 2.33. The van der Waals surface area contributed by atoms with Gasteiger partial charge in [0, 0.05) is 15.2 Å². The number of aliphatic carboxylic acids is 1. The number of amides is 1.